The van der Waals surface area contributed by atoms with Crippen molar-refractivity contribution in [2.75, 3.05) is 0 Å². The largest absolute Gasteiger partial charge is 0.481 e. The van der Waals surface area contributed by atoms with Crippen LogP contribution in [0.5, 0.6) is 0 Å². The Kier molecular flexibility index (Phi) is 4.42. The van der Waals surface area contributed by atoms with E-state index < -0.39 is 16.3 Å². The molecule has 0 radical (unpaired) electrons. The molecule has 1 aliphatic carbocycles. The Hall–Kier alpha value is -1.43. The molecule has 0 unspecified atom stereocenters. The van der Waals surface area contributed by atoms with E-state index in [-0.39, 0.29) is 5.69 Å². The number of rotatable bonds is 4. The molecule has 2 rings (SSSR count). The molecule has 20 heavy (non-hydrogen) atoms. The molecule has 0 atom stereocenters. The quantitative estimate of drug-likeness (QED) is 0.664. The predicted molar refractivity (Wildman–Crippen MR) is 77.7 cm³/mol. The smallest absolute Gasteiger partial charge is 0.309 e. The summed E-state index contributed by atoms with van der Waals surface area (Å²) in [6.07, 6.45) is 4.47. The van der Waals surface area contributed by atoms with Crippen molar-refractivity contribution in [3.63, 3.8) is 0 Å². The summed E-state index contributed by atoms with van der Waals surface area (Å²) >= 11 is 3.25. The van der Waals surface area contributed by atoms with E-state index in [9.17, 15) is 20.0 Å². The summed E-state index contributed by atoms with van der Waals surface area (Å²) in [5.41, 5.74) is -0.0990. The third kappa shape index (κ3) is 2.85. The second-order valence-electron chi connectivity index (χ2n) is 5.33. The average molecular weight is 342 g/mol. The maximum absolute atomic E-state index is 11.7. The van der Waals surface area contributed by atoms with Crippen LogP contribution in [0, 0.1) is 15.5 Å². The second kappa shape index (κ2) is 5.91. The van der Waals surface area contributed by atoms with E-state index in [0.717, 1.165) is 19.3 Å². The van der Waals surface area contributed by atoms with Gasteiger partial charge in [-0.3, -0.25) is 14.9 Å². The fourth-order valence-corrected chi connectivity index (χ4v) is 3.45. The van der Waals surface area contributed by atoms with Crippen molar-refractivity contribution in [1.82, 2.24) is 0 Å². The fraction of sp³-hybridized carbons (Fsp3) is 0.500. The molecule has 1 N–H and O–H groups in total. The number of halogens is 1. The van der Waals surface area contributed by atoms with Gasteiger partial charge in [0.15, 0.2) is 0 Å². The van der Waals surface area contributed by atoms with Crippen LogP contribution in [-0.2, 0) is 11.2 Å². The van der Waals surface area contributed by atoms with E-state index in [1.165, 1.54) is 6.07 Å². The lowest BCUT2D eigenvalue weighted by molar-refractivity contribution is -0.385. The first-order valence-corrected chi connectivity index (χ1v) is 7.41. The van der Waals surface area contributed by atoms with E-state index in [1.54, 1.807) is 12.1 Å². The molecule has 6 heteroatoms. The van der Waals surface area contributed by atoms with Crippen LogP contribution < -0.4 is 0 Å². The molecule has 0 amide bonds. The minimum absolute atomic E-state index is 0.0150. The van der Waals surface area contributed by atoms with E-state index in [0.29, 0.717) is 29.3 Å². The van der Waals surface area contributed by atoms with Gasteiger partial charge in [-0.15, -0.1) is 0 Å². The van der Waals surface area contributed by atoms with Gasteiger partial charge in [-0.2, -0.15) is 0 Å². The zero-order valence-electron chi connectivity index (χ0n) is 11.0. The monoisotopic (exact) mass is 341 g/mol. The molecule has 108 valence electrons. The lowest BCUT2D eigenvalue weighted by Gasteiger charge is -2.33. The Labute approximate surface area is 125 Å². The number of nitro groups is 1. The number of benzene rings is 1. The molecule has 1 saturated carbocycles. The Balaban J connectivity index is 2.34. The van der Waals surface area contributed by atoms with Crippen molar-refractivity contribution in [1.29, 1.82) is 0 Å². The molecular weight excluding hydrogens is 326 g/mol. The van der Waals surface area contributed by atoms with E-state index >= 15 is 0 Å². The first-order chi connectivity index (χ1) is 9.46. The summed E-state index contributed by atoms with van der Waals surface area (Å²) in [6, 6.07) is 4.79. The summed E-state index contributed by atoms with van der Waals surface area (Å²) in [5, 5.41) is 20.5. The summed E-state index contributed by atoms with van der Waals surface area (Å²) < 4.78 is 0.399. The summed E-state index contributed by atoms with van der Waals surface area (Å²) in [6.45, 7) is 0. The van der Waals surface area contributed by atoms with Crippen LogP contribution in [0.15, 0.2) is 22.7 Å². The minimum Gasteiger partial charge on any atom is -0.481 e. The van der Waals surface area contributed by atoms with Crippen molar-refractivity contribution in [3.05, 3.63) is 38.3 Å². The van der Waals surface area contributed by atoms with Gasteiger partial charge in [0.1, 0.15) is 0 Å². The van der Waals surface area contributed by atoms with Crippen LogP contribution in [-0.4, -0.2) is 16.0 Å². The van der Waals surface area contributed by atoms with Crippen LogP contribution in [0.4, 0.5) is 5.69 Å². The molecule has 1 aromatic rings. The van der Waals surface area contributed by atoms with Gasteiger partial charge < -0.3 is 5.11 Å². The zero-order valence-corrected chi connectivity index (χ0v) is 12.6. The first kappa shape index (κ1) is 15.0. The molecule has 0 saturated heterocycles. The highest BCUT2D eigenvalue weighted by Crippen LogP contribution is 2.42. The molecule has 0 aromatic heterocycles. The number of nitrogens with zero attached hydrogens (tertiary/aromatic N) is 1. The van der Waals surface area contributed by atoms with E-state index in [2.05, 4.69) is 15.9 Å². The van der Waals surface area contributed by atoms with Crippen molar-refractivity contribution in [2.45, 2.75) is 38.5 Å². The highest BCUT2D eigenvalue weighted by molar-refractivity contribution is 9.10. The van der Waals surface area contributed by atoms with E-state index in [1.807, 2.05) is 0 Å². The zero-order chi connectivity index (χ0) is 14.8. The highest BCUT2D eigenvalue weighted by atomic mass is 79.9. The number of aliphatic carboxylic acids is 1. The molecule has 0 heterocycles. The Morgan fingerprint density at radius 3 is 2.55 bits per heavy atom. The molecule has 1 aromatic carbocycles. The number of carboxylic acids is 1. The predicted octanol–water partition coefficient (Wildman–Crippen LogP) is 3.93. The van der Waals surface area contributed by atoms with Gasteiger partial charge in [0.25, 0.3) is 5.69 Å². The molecule has 1 aliphatic rings. The van der Waals surface area contributed by atoms with Gasteiger partial charge in [-0.05, 0) is 40.8 Å². The number of hydrogen-bond donors (Lipinski definition) is 1. The number of nitro benzene ring substituents is 1. The topological polar surface area (TPSA) is 80.4 Å². The van der Waals surface area contributed by atoms with Gasteiger partial charge in [0.2, 0.25) is 0 Å². The number of carbonyl (C=O) groups is 1. The van der Waals surface area contributed by atoms with Crippen LogP contribution in [0.3, 0.4) is 0 Å². The van der Waals surface area contributed by atoms with Gasteiger partial charge in [-0.1, -0.05) is 31.4 Å². The fourth-order valence-electron chi connectivity index (χ4n) is 2.90. The van der Waals surface area contributed by atoms with Gasteiger partial charge in [-0.25, -0.2) is 0 Å². The van der Waals surface area contributed by atoms with Crippen molar-refractivity contribution >= 4 is 27.6 Å². The minimum atomic E-state index is -0.796. The Bertz CT molecular complexity index is 538. The van der Waals surface area contributed by atoms with Crippen LogP contribution >= 0.6 is 15.9 Å². The van der Waals surface area contributed by atoms with Crippen molar-refractivity contribution in [2.24, 2.45) is 5.41 Å². The molecule has 0 spiro atoms. The van der Waals surface area contributed by atoms with Crippen molar-refractivity contribution in [3.8, 4) is 0 Å². The lowest BCUT2D eigenvalue weighted by atomic mass is 9.70. The molecular formula is C14H16BrNO4. The maximum Gasteiger partial charge on any atom is 0.309 e. The summed E-state index contributed by atoms with van der Waals surface area (Å²) in [7, 11) is 0. The first-order valence-electron chi connectivity index (χ1n) is 6.61. The van der Waals surface area contributed by atoms with Crippen molar-refractivity contribution < 1.29 is 14.8 Å². The third-order valence-corrected chi connectivity index (χ3v) is 4.96. The van der Waals surface area contributed by atoms with Crippen LogP contribution in [0.2, 0.25) is 0 Å². The molecule has 1 fully saturated rings. The standard InChI is InChI=1S/C14H16BrNO4/c15-12-10(5-4-6-11(12)16(19)20)9-14(13(17)18)7-2-1-3-8-14/h4-6H,1-3,7-9H2,(H,17,18). The van der Waals surface area contributed by atoms with Gasteiger partial charge in [0, 0.05) is 6.07 Å². The molecule has 0 bridgehead atoms. The third-order valence-electron chi connectivity index (χ3n) is 4.05. The molecule has 5 nitrogen and oxygen atoms in total. The highest BCUT2D eigenvalue weighted by Gasteiger charge is 2.40. The summed E-state index contributed by atoms with van der Waals surface area (Å²) in [5.74, 6) is -0.796. The Morgan fingerprint density at radius 1 is 1.35 bits per heavy atom. The van der Waals surface area contributed by atoms with E-state index in [4.69, 9.17) is 0 Å². The number of carboxylic acid groups (broad SMARTS) is 1. The normalized spacial score (nSPS) is 17.6. The Morgan fingerprint density at radius 2 is 2.00 bits per heavy atom. The SMILES string of the molecule is O=C(O)C1(Cc2cccc([N+](=O)[O-])c2Br)CCCCC1. The second-order valence-corrected chi connectivity index (χ2v) is 6.12. The van der Waals surface area contributed by atoms with Crippen LogP contribution in [0.25, 0.3) is 0 Å². The van der Waals surface area contributed by atoms with Gasteiger partial charge in [0.05, 0.1) is 14.8 Å². The summed E-state index contributed by atoms with van der Waals surface area (Å²) in [4.78, 5) is 22.1. The number of hydrogen-bond acceptors (Lipinski definition) is 3. The average Bonchev–Trinajstić information content (AvgIpc) is 2.41. The van der Waals surface area contributed by atoms with Crippen LogP contribution in [0.1, 0.15) is 37.7 Å². The van der Waals surface area contributed by atoms with Gasteiger partial charge >= 0.3 is 5.97 Å². The lowest BCUT2D eigenvalue weighted by Crippen LogP contribution is -2.35. The molecule has 0 aliphatic heterocycles. The maximum atomic E-state index is 11.7.